The predicted octanol–water partition coefficient (Wildman–Crippen LogP) is 1.98. The minimum absolute atomic E-state index is 0.00336. The van der Waals surface area contributed by atoms with Crippen molar-refractivity contribution in [2.45, 2.75) is 51.9 Å². The predicted molar refractivity (Wildman–Crippen MR) is 92.2 cm³/mol. The molecule has 1 saturated heterocycles. The maximum absolute atomic E-state index is 12.5. The molecule has 24 heavy (non-hydrogen) atoms. The summed E-state index contributed by atoms with van der Waals surface area (Å²) in [4.78, 5) is 28.0. The van der Waals surface area contributed by atoms with Crippen LogP contribution >= 0.6 is 0 Å². The first-order valence-corrected chi connectivity index (χ1v) is 8.43. The molecule has 0 radical (unpaired) electrons. The molecule has 1 aliphatic rings. The number of likely N-dealkylation sites (tertiary alicyclic amines) is 1. The molecule has 2 N–H and O–H groups in total. The highest BCUT2D eigenvalue weighted by Crippen LogP contribution is 2.20. The van der Waals surface area contributed by atoms with Crippen molar-refractivity contribution in [1.82, 2.24) is 9.80 Å². The molecule has 0 bridgehead atoms. The van der Waals surface area contributed by atoms with Crippen LogP contribution in [0.1, 0.15) is 32.8 Å². The Morgan fingerprint density at radius 3 is 2.54 bits per heavy atom. The summed E-state index contributed by atoms with van der Waals surface area (Å²) in [5.41, 5.74) is 6.63. The van der Waals surface area contributed by atoms with E-state index in [1.807, 2.05) is 44.2 Å². The summed E-state index contributed by atoms with van der Waals surface area (Å²) in [5.74, 6) is -0.0705. The van der Waals surface area contributed by atoms with Crippen LogP contribution in [0.2, 0.25) is 0 Å². The van der Waals surface area contributed by atoms with Crippen LogP contribution in [0.5, 0.6) is 0 Å². The molecule has 0 aliphatic carbocycles. The van der Waals surface area contributed by atoms with Crippen molar-refractivity contribution in [2.24, 2.45) is 5.73 Å². The van der Waals surface area contributed by atoms with Gasteiger partial charge in [0.1, 0.15) is 6.61 Å². The van der Waals surface area contributed by atoms with Crippen molar-refractivity contribution in [1.29, 1.82) is 0 Å². The molecule has 2 amide bonds. The van der Waals surface area contributed by atoms with E-state index in [-0.39, 0.29) is 30.7 Å². The van der Waals surface area contributed by atoms with Gasteiger partial charge in [0.15, 0.2) is 0 Å². The van der Waals surface area contributed by atoms with Gasteiger partial charge in [-0.05, 0) is 32.8 Å². The third-order valence-corrected chi connectivity index (χ3v) is 4.23. The monoisotopic (exact) mass is 333 g/mol. The molecule has 6 heteroatoms. The highest BCUT2D eigenvalue weighted by atomic mass is 16.6. The van der Waals surface area contributed by atoms with Crippen LogP contribution in [-0.4, -0.2) is 53.0 Å². The van der Waals surface area contributed by atoms with Gasteiger partial charge in [0.25, 0.3) is 0 Å². The van der Waals surface area contributed by atoms with Crippen LogP contribution in [0.15, 0.2) is 30.3 Å². The van der Waals surface area contributed by atoms with Gasteiger partial charge in [0.05, 0.1) is 12.1 Å². The summed E-state index contributed by atoms with van der Waals surface area (Å²) in [6, 6.07) is 9.06. The van der Waals surface area contributed by atoms with E-state index in [9.17, 15) is 9.59 Å². The van der Waals surface area contributed by atoms with Gasteiger partial charge in [-0.2, -0.15) is 0 Å². The summed E-state index contributed by atoms with van der Waals surface area (Å²) in [5, 5.41) is 0. The quantitative estimate of drug-likeness (QED) is 0.894. The number of amides is 2. The van der Waals surface area contributed by atoms with E-state index in [4.69, 9.17) is 10.5 Å². The molecule has 2 rings (SSSR count). The van der Waals surface area contributed by atoms with E-state index in [0.29, 0.717) is 13.1 Å². The molecule has 132 valence electrons. The molecule has 1 unspecified atom stereocenters. The number of hydrogen-bond donors (Lipinski definition) is 1. The van der Waals surface area contributed by atoms with Gasteiger partial charge >= 0.3 is 6.09 Å². The number of nitrogens with two attached hydrogens (primary N) is 1. The maximum atomic E-state index is 12.5. The van der Waals surface area contributed by atoms with Crippen LogP contribution in [-0.2, 0) is 16.1 Å². The minimum atomic E-state index is -0.513. The molecule has 0 aromatic heterocycles. The zero-order valence-corrected chi connectivity index (χ0v) is 14.6. The Balaban J connectivity index is 1.96. The highest BCUT2D eigenvalue weighted by molar-refractivity contribution is 5.81. The summed E-state index contributed by atoms with van der Waals surface area (Å²) in [6.07, 6.45) is 0.408. The van der Waals surface area contributed by atoms with Gasteiger partial charge in [-0.15, -0.1) is 0 Å². The fraction of sp³-hybridized carbons (Fsp3) is 0.556. The standard InChI is InChI=1S/C18H27N3O3/c1-13(2)21(16-9-10-20(11-16)17(22)14(3)19)18(23)24-12-15-7-5-4-6-8-15/h4-8,13-14,16H,9-12,19H2,1-3H3/t14-,16?/m0/s1. The van der Waals surface area contributed by atoms with Gasteiger partial charge < -0.3 is 20.3 Å². The second kappa shape index (κ2) is 8.15. The van der Waals surface area contributed by atoms with Gasteiger partial charge in [-0.25, -0.2) is 4.79 Å². The summed E-state index contributed by atoms with van der Waals surface area (Å²) in [7, 11) is 0. The molecule has 1 aromatic rings. The topological polar surface area (TPSA) is 75.9 Å². The van der Waals surface area contributed by atoms with Crippen molar-refractivity contribution in [3.63, 3.8) is 0 Å². The smallest absolute Gasteiger partial charge is 0.410 e. The first-order valence-electron chi connectivity index (χ1n) is 8.43. The molecular weight excluding hydrogens is 306 g/mol. The highest BCUT2D eigenvalue weighted by Gasteiger charge is 2.35. The first kappa shape index (κ1) is 18.3. The minimum Gasteiger partial charge on any atom is -0.445 e. The SMILES string of the molecule is CC(C)N(C(=O)OCc1ccccc1)C1CCN(C(=O)[C@H](C)N)C1. The summed E-state index contributed by atoms with van der Waals surface area (Å²) >= 11 is 0. The van der Waals surface area contributed by atoms with Gasteiger partial charge in [-0.1, -0.05) is 30.3 Å². The van der Waals surface area contributed by atoms with E-state index in [1.165, 1.54) is 0 Å². The lowest BCUT2D eigenvalue weighted by atomic mass is 10.2. The van der Waals surface area contributed by atoms with Crippen molar-refractivity contribution in [3.8, 4) is 0 Å². The van der Waals surface area contributed by atoms with Gasteiger partial charge in [0, 0.05) is 19.1 Å². The van der Waals surface area contributed by atoms with E-state index in [2.05, 4.69) is 0 Å². The molecule has 1 fully saturated rings. The molecule has 1 aliphatic heterocycles. The lowest BCUT2D eigenvalue weighted by Crippen LogP contribution is -2.48. The Hall–Kier alpha value is -2.08. The number of rotatable bonds is 5. The average Bonchev–Trinajstić information content (AvgIpc) is 3.02. The van der Waals surface area contributed by atoms with Crippen molar-refractivity contribution in [2.75, 3.05) is 13.1 Å². The molecule has 2 atom stereocenters. The molecule has 0 spiro atoms. The average molecular weight is 333 g/mol. The number of nitrogens with zero attached hydrogens (tertiary/aromatic N) is 2. The molecule has 0 saturated carbocycles. The number of hydrogen-bond acceptors (Lipinski definition) is 4. The van der Waals surface area contributed by atoms with Crippen LogP contribution in [0.4, 0.5) is 4.79 Å². The van der Waals surface area contributed by atoms with Crippen molar-refractivity contribution in [3.05, 3.63) is 35.9 Å². The Kier molecular flexibility index (Phi) is 6.20. The van der Waals surface area contributed by atoms with E-state index < -0.39 is 6.04 Å². The van der Waals surface area contributed by atoms with Crippen LogP contribution < -0.4 is 5.73 Å². The largest absolute Gasteiger partial charge is 0.445 e. The molecule has 1 heterocycles. The fourth-order valence-corrected chi connectivity index (χ4v) is 3.03. The van der Waals surface area contributed by atoms with Crippen LogP contribution in [0.25, 0.3) is 0 Å². The third kappa shape index (κ3) is 4.47. The zero-order chi connectivity index (χ0) is 17.7. The second-order valence-electron chi connectivity index (χ2n) is 6.56. The van der Waals surface area contributed by atoms with Crippen molar-refractivity contribution < 1.29 is 14.3 Å². The van der Waals surface area contributed by atoms with Crippen LogP contribution in [0, 0.1) is 0 Å². The maximum Gasteiger partial charge on any atom is 0.410 e. The van der Waals surface area contributed by atoms with Gasteiger partial charge in [-0.3, -0.25) is 4.79 Å². The number of ether oxygens (including phenoxy) is 1. The molecule has 1 aromatic carbocycles. The first-order chi connectivity index (χ1) is 11.4. The molecule has 6 nitrogen and oxygen atoms in total. The normalized spacial score (nSPS) is 18.5. The van der Waals surface area contributed by atoms with E-state index in [1.54, 1.807) is 16.7 Å². The van der Waals surface area contributed by atoms with Gasteiger partial charge in [0.2, 0.25) is 5.91 Å². The molecular formula is C18H27N3O3. The fourth-order valence-electron chi connectivity index (χ4n) is 3.03. The number of carbonyl (C=O) groups excluding carboxylic acids is 2. The Morgan fingerprint density at radius 1 is 1.29 bits per heavy atom. The zero-order valence-electron chi connectivity index (χ0n) is 14.6. The van der Waals surface area contributed by atoms with Crippen LogP contribution in [0.3, 0.4) is 0 Å². The van der Waals surface area contributed by atoms with E-state index in [0.717, 1.165) is 12.0 Å². The lowest BCUT2D eigenvalue weighted by Gasteiger charge is -2.32. The summed E-state index contributed by atoms with van der Waals surface area (Å²) in [6.45, 7) is 6.99. The third-order valence-electron chi connectivity index (χ3n) is 4.23. The van der Waals surface area contributed by atoms with Crippen molar-refractivity contribution >= 4 is 12.0 Å². The Morgan fingerprint density at radius 2 is 1.96 bits per heavy atom. The Labute approximate surface area is 143 Å². The second-order valence-corrected chi connectivity index (χ2v) is 6.56. The number of carbonyl (C=O) groups is 2. The Bertz CT molecular complexity index is 560. The lowest BCUT2D eigenvalue weighted by molar-refractivity contribution is -0.131. The number of benzene rings is 1. The van der Waals surface area contributed by atoms with E-state index >= 15 is 0 Å². The summed E-state index contributed by atoms with van der Waals surface area (Å²) < 4.78 is 5.47.